The van der Waals surface area contributed by atoms with Crippen LogP contribution in [-0.4, -0.2) is 19.7 Å². The molecule has 2 heterocycles. The summed E-state index contributed by atoms with van der Waals surface area (Å²) in [6.07, 6.45) is 3.37. The molecule has 0 atom stereocenters. The number of rotatable bonds is 4. The minimum Gasteiger partial charge on any atom is -0.382 e. The summed E-state index contributed by atoms with van der Waals surface area (Å²) in [5.41, 5.74) is 6.53. The number of aryl methyl sites for hydroxylation is 1. The van der Waals surface area contributed by atoms with Crippen molar-refractivity contribution >= 4 is 11.5 Å². The molecule has 0 aliphatic carbocycles. The van der Waals surface area contributed by atoms with Crippen LogP contribution in [-0.2, 0) is 13.1 Å². The van der Waals surface area contributed by atoms with E-state index in [2.05, 4.69) is 20.5 Å². The maximum atomic E-state index is 5.71. The van der Waals surface area contributed by atoms with Gasteiger partial charge in [0.15, 0.2) is 5.82 Å². The van der Waals surface area contributed by atoms with E-state index in [0.717, 1.165) is 18.1 Å². The highest BCUT2D eigenvalue weighted by atomic mass is 15.3. The van der Waals surface area contributed by atoms with Crippen molar-refractivity contribution in [1.82, 2.24) is 19.7 Å². The zero-order valence-corrected chi connectivity index (χ0v) is 9.09. The molecule has 3 N–H and O–H groups in total. The Morgan fingerprint density at radius 2 is 2.38 bits per heavy atom. The van der Waals surface area contributed by atoms with Crippen LogP contribution in [0.4, 0.5) is 11.5 Å². The highest BCUT2D eigenvalue weighted by Gasteiger charge is 2.03. The van der Waals surface area contributed by atoms with Gasteiger partial charge in [0.1, 0.15) is 12.1 Å². The van der Waals surface area contributed by atoms with Crippen LogP contribution in [0, 0.1) is 0 Å². The lowest BCUT2D eigenvalue weighted by Crippen LogP contribution is -2.09. The maximum absolute atomic E-state index is 5.71. The second kappa shape index (κ2) is 4.61. The summed E-state index contributed by atoms with van der Waals surface area (Å²) >= 11 is 0. The van der Waals surface area contributed by atoms with Crippen LogP contribution in [0.3, 0.4) is 0 Å². The standard InChI is InChI=1S/C10H14N6/c1-2-16-7-14-15-9(16)6-13-8-4-3-5-12-10(8)11/h3-5,7,13H,2,6H2,1H3,(H2,11,12). The van der Waals surface area contributed by atoms with Crippen LogP contribution in [0.1, 0.15) is 12.7 Å². The van der Waals surface area contributed by atoms with Crippen molar-refractivity contribution in [3.05, 3.63) is 30.5 Å². The first-order valence-electron chi connectivity index (χ1n) is 5.12. The zero-order valence-electron chi connectivity index (χ0n) is 9.09. The molecule has 6 heteroatoms. The van der Waals surface area contributed by atoms with Crippen molar-refractivity contribution in [2.75, 3.05) is 11.1 Å². The molecule has 0 aromatic carbocycles. The van der Waals surface area contributed by atoms with Crippen molar-refractivity contribution in [2.24, 2.45) is 0 Å². The van der Waals surface area contributed by atoms with Crippen LogP contribution in [0.5, 0.6) is 0 Å². The van der Waals surface area contributed by atoms with Gasteiger partial charge in [0.2, 0.25) is 0 Å². The number of pyridine rings is 1. The van der Waals surface area contributed by atoms with Crippen molar-refractivity contribution in [3.63, 3.8) is 0 Å². The largest absolute Gasteiger partial charge is 0.382 e. The molecule has 84 valence electrons. The summed E-state index contributed by atoms with van der Waals surface area (Å²) in [5.74, 6) is 1.37. The first kappa shape index (κ1) is 10.4. The zero-order chi connectivity index (χ0) is 11.4. The van der Waals surface area contributed by atoms with Gasteiger partial charge in [-0.05, 0) is 19.1 Å². The van der Waals surface area contributed by atoms with E-state index in [-0.39, 0.29) is 0 Å². The number of aromatic nitrogens is 4. The van der Waals surface area contributed by atoms with Gasteiger partial charge in [-0.15, -0.1) is 10.2 Å². The Bertz CT molecular complexity index is 464. The molecule has 0 saturated carbocycles. The average Bonchev–Trinajstić information content (AvgIpc) is 2.75. The van der Waals surface area contributed by atoms with E-state index in [9.17, 15) is 0 Å². The highest BCUT2D eigenvalue weighted by molar-refractivity contribution is 5.60. The fraction of sp³-hybridized carbons (Fsp3) is 0.300. The summed E-state index contributed by atoms with van der Waals surface area (Å²) in [7, 11) is 0. The monoisotopic (exact) mass is 218 g/mol. The molecule has 0 spiro atoms. The van der Waals surface area contributed by atoms with E-state index in [4.69, 9.17) is 5.73 Å². The molecule has 6 nitrogen and oxygen atoms in total. The van der Waals surface area contributed by atoms with Crippen molar-refractivity contribution in [1.29, 1.82) is 0 Å². The van der Waals surface area contributed by atoms with Gasteiger partial charge in [0.05, 0.1) is 12.2 Å². The Balaban J connectivity index is 2.05. The predicted molar refractivity (Wildman–Crippen MR) is 61.7 cm³/mol. The highest BCUT2D eigenvalue weighted by Crippen LogP contribution is 2.14. The lowest BCUT2D eigenvalue weighted by Gasteiger charge is -2.08. The number of nitrogens with zero attached hydrogens (tertiary/aromatic N) is 4. The van der Waals surface area contributed by atoms with Crippen LogP contribution >= 0.6 is 0 Å². The second-order valence-corrected chi connectivity index (χ2v) is 3.32. The van der Waals surface area contributed by atoms with E-state index >= 15 is 0 Å². The maximum Gasteiger partial charge on any atom is 0.152 e. The number of nitrogens with one attached hydrogen (secondary N) is 1. The number of nitrogen functional groups attached to an aromatic ring is 1. The van der Waals surface area contributed by atoms with Crippen molar-refractivity contribution in [3.8, 4) is 0 Å². The Labute approximate surface area is 93.5 Å². The number of anilines is 2. The third kappa shape index (κ3) is 2.10. The molecule has 0 radical (unpaired) electrons. The fourth-order valence-corrected chi connectivity index (χ4v) is 1.42. The number of nitrogens with two attached hydrogens (primary N) is 1. The normalized spacial score (nSPS) is 10.3. The lowest BCUT2D eigenvalue weighted by atomic mass is 10.4. The van der Waals surface area contributed by atoms with Crippen molar-refractivity contribution in [2.45, 2.75) is 20.0 Å². The van der Waals surface area contributed by atoms with E-state index in [1.54, 1.807) is 12.5 Å². The smallest absolute Gasteiger partial charge is 0.152 e. The molecule has 0 bridgehead atoms. The van der Waals surface area contributed by atoms with Crippen LogP contribution in [0.15, 0.2) is 24.7 Å². The molecule has 0 amide bonds. The molecule has 0 aliphatic rings. The second-order valence-electron chi connectivity index (χ2n) is 3.32. The minimum absolute atomic E-state index is 0.491. The molecule has 0 unspecified atom stereocenters. The predicted octanol–water partition coefficient (Wildman–Crippen LogP) is 0.887. The van der Waals surface area contributed by atoms with E-state index in [0.29, 0.717) is 12.4 Å². The van der Waals surface area contributed by atoms with E-state index in [1.807, 2.05) is 23.6 Å². The topological polar surface area (TPSA) is 81.7 Å². The van der Waals surface area contributed by atoms with Gasteiger partial charge < -0.3 is 15.6 Å². The molecule has 2 aromatic heterocycles. The van der Waals surface area contributed by atoms with Gasteiger partial charge in [0, 0.05) is 12.7 Å². The van der Waals surface area contributed by atoms with Crippen LogP contribution < -0.4 is 11.1 Å². The summed E-state index contributed by atoms with van der Waals surface area (Å²) < 4.78 is 1.97. The van der Waals surface area contributed by atoms with Gasteiger partial charge in [-0.2, -0.15) is 0 Å². The summed E-state index contributed by atoms with van der Waals surface area (Å²) in [5, 5.41) is 11.1. The Morgan fingerprint density at radius 3 is 3.12 bits per heavy atom. The van der Waals surface area contributed by atoms with Crippen molar-refractivity contribution < 1.29 is 0 Å². The Morgan fingerprint density at radius 1 is 1.50 bits per heavy atom. The quantitative estimate of drug-likeness (QED) is 0.796. The molecule has 0 fully saturated rings. The third-order valence-corrected chi connectivity index (χ3v) is 2.31. The van der Waals surface area contributed by atoms with Gasteiger partial charge in [0.25, 0.3) is 0 Å². The first-order valence-corrected chi connectivity index (χ1v) is 5.12. The number of hydrogen-bond acceptors (Lipinski definition) is 5. The van der Waals surface area contributed by atoms with Crippen LogP contribution in [0.2, 0.25) is 0 Å². The van der Waals surface area contributed by atoms with E-state index in [1.165, 1.54) is 0 Å². The van der Waals surface area contributed by atoms with Crippen LogP contribution in [0.25, 0.3) is 0 Å². The molecule has 2 aromatic rings. The summed E-state index contributed by atoms with van der Waals surface area (Å²) in [6.45, 7) is 3.49. The SMILES string of the molecule is CCn1cnnc1CNc1cccnc1N. The van der Waals surface area contributed by atoms with Gasteiger partial charge in [-0.1, -0.05) is 0 Å². The van der Waals surface area contributed by atoms with Gasteiger partial charge >= 0.3 is 0 Å². The fourth-order valence-electron chi connectivity index (χ4n) is 1.42. The summed E-state index contributed by atoms with van der Waals surface area (Å²) in [6, 6.07) is 3.72. The number of hydrogen-bond donors (Lipinski definition) is 2. The van der Waals surface area contributed by atoms with E-state index < -0.39 is 0 Å². The Kier molecular flexibility index (Phi) is 3.00. The minimum atomic E-state index is 0.491. The molecular formula is C10H14N6. The Hall–Kier alpha value is -2.11. The molecular weight excluding hydrogens is 204 g/mol. The molecule has 16 heavy (non-hydrogen) atoms. The average molecular weight is 218 g/mol. The lowest BCUT2D eigenvalue weighted by molar-refractivity contribution is 0.708. The first-order chi connectivity index (χ1) is 7.81. The molecule has 0 saturated heterocycles. The van der Waals surface area contributed by atoms with Gasteiger partial charge in [-0.25, -0.2) is 4.98 Å². The molecule has 0 aliphatic heterocycles. The third-order valence-electron chi connectivity index (χ3n) is 2.31. The summed E-state index contributed by atoms with van der Waals surface area (Å²) in [4.78, 5) is 3.99. The molecule has 2 rings (SSSR count). The van der Waals surface area contributed by atoms with Gasteiger partial charge in [-0.3, -0.25) is 0 Å².